The molecule has 10 nitrogen and oxygen atoms in total. The van der Waals surface area contributed by atoms with Crippen molar-refractivity contribution in [2.24, 2.45) is 0 Å². The molecule has 0 spiro atoms. The van der Waals surface area contributed by atoms with E-state index in [2.05, 4.69) is 484 Å². The van der Waals surface area contributed by atoms with Gasteiger partial charge in [-0.2, -0.15) is 22.0 Å². The number of rotatable bonds is 6. The molecule has 0 saturated heterocycles. The summed E-state index contributed by atoms with van der Waals surface area (Å²) in [6, 6.07) is 136. The quantitative estimate of drug-likeness (QED) is 0.118. The number of pyridine rings is 5. The van der Waals surface area contributed by atoms with Gasteiger partial charge in [-0.1, -0.05) is 406 Å². The van der Waals surface area contributed by atoms with E-state index in [1.165, 1.54) is 277 Å². The van der Waals surface area contributed by atoms with Crippen LogP contribution in [0.2, 0.25) is 0 Å². The molecule has 10 aliphatic rings. The summed E-state index contributed by atoms with van der Waals surface area (Å²) >= 11 is 0. The van der Waals surface area contributed by atoms with Gasteiger partial charge in [-0.15, -0.1) is 0 Å². The highest BCUT2D eigenvalue weighted by atomic mass is 15.2. The van der Waals surface area contributed by atoms with Gasteiger partial charge in [-0.3, -0.25) is 0 Å². The van der Waals surface area contributed by atoms with Crippen LogP contribution in [-0.2, 0) is 67.2 Å². The lowest BCUT2D eigenvalue weighted by Gasteiger charge is -2.43. The van der Waals surface area contributed by atoms with E-state index < -0.39 is 0 Å². The number of nitrogens with zero attached hydrogens (tertiary/aromatic N) is 10. The maximum Gasteiger partial charge on any atom is 0.295 e. The van der Waals surface area contributed by atoms with Crippen LogP contribution in [0.4, 0.5) is 0 Å². The van der Waals surface area contributed by atoms with Gasteiger partial charge in [0.15, 0.2) is 28.5 Å². The lowest BCUT2D eigenvalue weighted by atomic mass is 9.61. The van der Waals surface area contributed by atoms with Crippen LogP contribution in [0.15, 0.2) is 370 Å². The van der Waals surface area contributed by atoms with Crippen molar-refractivity contribution < 1.29 is 22.2 Å². The van der Waals surface area contributed by atoms with Crippen LogP contribution in [0, 0.1) is 27.7 Å². The number of hydrogen-bond acceptors (Lipinski definition) is 0. The molecule has 0 aliphatic carbocycles. The number of hydrogen-bond donors (Lipinski definition) is 0. The van der Waals surface area contributed by atoms with Gasteiger partial charge in [-0.25, -0.2) is 22.8 Å². The van der Waals surface area contributed by atoms with E-state index in [1.54, 1.807) is 0 Å². The fourth-order valence-electron chi connectivity index (χ4n) is 30.8. The van der Waals surface area contributed by atoms with Crippen LogP contribution in [0.3, 0.4) is 0 Å². The van der Waals surface area contributed by atoms with E-state index in [0.717, 1.165) is 45.6 Å². The molecule has 10 aliphatic heterocycles. The van der Waals surface area contributed by atoms with Crippen molar-refractivity contribution in [1.29, 1.82) is 0 Å². The maximum atomic E-state index is 2.63. The lowest BCUT2D eigenvalue weighted by Crippen LogP contribution is -2.46. The summed E-state index contributed by atoms with van der Waals surface area (Å²) in [7, 11) is 0. The zero-order chi connectivity index (χ0) is 97.0. The molecule has 0 amide bonds. The molecule has 10 aromatic heterocycles. The second kappa shape index (κ2) is 29.2. The summed E-state index contributed by atoms with van der Waals surface area (Å²) in [5, 5.41) is 21.1. The second-order valence-corrected chi connectivity index (χ2v) is 44.8. The van der Waals surface area contributed by atoms with Crippen LogP contribution in [-0.4, -0.2) is 22.7 Å². The Balaban J connectivity index is 0.0000000819. The minimum Gasteiger partial charge on any atom is -0.225 e. The van der Waals surface area contributed by atoms with Crippen LogP contribution in [0.1, 0.15) is 205 Å². The minimum absolute atomic E-state index is 0.0857. The molecule has 10 heteroatoms. The first kappa shape index (κ1) is 83.1. The van der Waals surface area contributed by atoms with Gasteiger partial charge < -0.3 is 0 Å². The monoisotopic (exact) mass is 1880 g/mol. The fourth-order valence-corrected chi connectivity index (χ4v) is 30.8. The smallest absolute Gasteiger partial charge is 0.225 e. The number of benzene rings is 16. The van der Waals surface area contributed by atoms with Crippen molar-refractivity contribution >= 4 is 137 Å². The minimum atomic E-state index is -0.234. The standard InChI is InChI=1S/3C31H23N2.C22H21N2.C21H19N2/c1-20-29-31(23-12-4-2-5-13-23,24-14-6-3-7-15-24)18-21-10-8-17-26-25-16-9-11-22-19-32(20)30(27(22)25)33(29)28(21)26;1-20-27-18-31(22-11-4-2-5-12-22,23-13-6-3-7-14-23)26-17-9-16-25-24-15-8-10-21-19-32(20)30(28(21)24)33(27)29(25)26;1-19-29-28(21-12-6-3-7-13-21)26(20-10-4-2-5-11-20)25-17-9-16-24-23-15-8-14-22-18-32(19)31(27(22)23)33(29)30(24)25;1-21(2)16-10-6-9-15-14-8-5-7-13-11-23-12-17(22(21,3)4)24(19(15)16)20(23)18(13)14;1-11-12(2)19-13(3)22-10-14-6-4-8-16-17-9-5-7-15(11)20(17)23(19)21(22)18(14)16/h2*2-17H,18-19H2,1H3;2-17,26,28H,18H2,1H3;5-10,12H,11H2,1-4H3;4-9,11-12H,10H2,1-3H3/q5*+1. The second-order valence-electron chi connectivity index (χ2n) is 44.8. The number of fused-ring (bicyclic) bond motifs is 5. The Morgan fingerprint density at radius 2 is 0.651 bits per heavy atom. The fraction of sp³-hybridized carbons (Fsp3) is 0.184. The number of aromatic nitrogens is 10. The molecule has 698 valence electrons. The van der Waals surface area contributed by atoms with Crippen molar-refractivity contribution in [1.82, 2.24) is 22.7 Å². The summed E-state index contributed by atoms with van der Waals surface area (Å²) in [6.45, 7) is 28.6. The Kier molecular flexibility index (Phi) is 16.6. The average molecular weight is 1880 g/mol. The molecule has 4 atom stereocenters. The van der Waals surface area contributed by atoms with Gasteiger partial charge in [-0.05, 0) is 45.7 Å². The molecular weight excluding hydrogens is 1770 g/mol. The van der Waals surface area contributed by atoms with Crippen molar-refractivity contribution in [3.63, 3.8) is 0 Å². The van der Waals surface area contributed by atoms with Gasteiger partial charge in [0.05, 0.1) is 43.7 Å². The number of imidazole rings is 5. The molecule has 0 saturated carbocycles. The van der Waals surface area contributed by atoms with Crippen molar-refractivity contribution in [2.45, 2.75) is 160 Å². The Hall–Kier alpha value is -16.4. The topological polar surface area (TPSA) is 44.4 Å². The van der Waals surface area contributed by atoms with Gasteiger partial charge >= 0.3 is 0 Å². The van der Waals surface area contributed by atoms with Crippen LogP contribution < -0.4 is 22.2 Å². The summed E-state index contributed by atoms with van der Waals surface area (Å²) < 4.78 is 25.7. The molecule has 20 heterocycles. The summed E-state index contributed by atoms with van der Waals surface area (Å²) in [4.78, 5) is 0. The van der Waals surface area contributed by atoms with E-state index in [1.807, 2.05) is 0 Å². The Bertz CT molecular complexity index is 10300. The molecule has 0 bridgehead atoms. The van der Waals surface area contributed by atoms with E-state index >= 15 is 0 Å². The largest absolute Gasteiger partial charge is 0.295 e. The molecule has 36 rings (SSSR count). The number of para-hydroxylation sites is 5. The highest BCUT2D eigenvalue weighted by molar-refractivity contribution is 6.18. The van der Waals surface area contributed by atoms with E-state index in [0.29, 0.717) is 11.8 Å². The van der Waals surface area contributed by atoms with Gasteiger partial charge in [0.1, 0.15) is 89.3 Å². The molecule has 146 heavy (non-hydrogen) atoms. The SMILES string of the molecule is CC1(C)c2cccc3c4cccc5c4c4n(c(c[n+]4C5)C1(C)C)c23.Cc1c2[n+]3c4c(cccc4c4cccc5c4c3n1C5)C(C)C2C.Cc1c2[n+]3c4c(cccc4c4cccc5c4c3n1C5)C(c1ccccc1)(c1ccccc1)C2.Cc1c2[n+]3c4c(cccc4c4cccc5c4c3n1C5)C(c1ccccc1)C2c1ccccc1.Cc1c2[n+]3c4c(cccc4c4cccc5c4c3n1C5)CC2(c1ccccc1)c1ccccc1. The molecule has 4 unspecified atom stereocenters. The van der Waals surface area contributed by atoms with Gasteiger partial charge in [0.25, 0.3) is 28.2 Å². The van der Waals surface area contributed by atoms with Crippen molar-refractivity contribution in [3.05, 3.63) is 510 Å². The van der Waals surface area contributed by atoms with Crippen molar-refractivity contribution in [2.75, 3.05) is 0 Å². The summed E-state index contributed by atoms with van der Waals surface area (Å²) in [5.74, 6) is 1.67. The Labute approximate surface area is 846 Å². The average Bonchev–Trinajstić information content (AvgIpc) is 1.51. The Morgan fingerprint density at radius 3 is 1.18 bits per heavy atom. The van der Waals surface area contributed by atoms with Crippen LogP contribution in [0.5, 0.6) is 0 Å². The molecular formula is C136H109N10+5. The van der Waals surface area contributed by atoms with Gasteiger partial charge in [0, 0.05) is 166 Å². The molecule has 0 N–H and O–H groups in total. The van der Waals surface area contributed by atoms with Gasteiger partial charge in [0.2, 0.25) is 0 Å². The van der Waals surface area contributed by atoms with E-state index in [-0.39, 0.29) is 33.5 Å². The summed E-state index contributed by atoms with van der Waals surface area (Å²) in [5.41, 5.74) is 49.3. The predicted molar refractivity (Wildman–Crippen MR) is 590 cm³/mol. The summed E-state index contributed by atoms with van der Waals surface area (Å²) in [6.07, 6.45) is 4.33. The van der Waals surface area contributed by atoms with Crippen LogP contribution >= 0.6 is 0 Å². The molecule has 16 aromatic carbocycles. The normalized spacial score (nSPS) is 17.7. The third-order valence-electron chi connectivity index (χ3n) is 38.0. The lowest BCUT2D eigenvalue weighted by molar-refractivity contribution is -0.657. The zero-order valence-electron chi connectivity index (χ0n) is 83.9. The first-order chi connectivity index (χ1) is 71.5. The molecule has 0 fully saturated rings. The predicted octanol–water partition coefficient (Wildman–Crippen LogP) is 27.6. The first-order valence-electron chi connectivity index (χ1n) is 52.9. The van der Waals surface area contributed by atoms with Crippen molar-refractivity contribution in [3.8, 4) is 0 Å². The maximum absolute atomic E-state index is 2.63. The van der Waals surface area contributed by atoms with E-state index in [9.17, 15) is 0 Å². The third kappa shape index (κ3) is 10.2. The molecule has 26 aromatic rings. The first-order valence-corrected chi connectivity index (χ1v) is 52.9. The molecule has 0 radical (unpaired) electrons. The third-order valence-corrected chi connectivity index (χ3v) is 38.0. The van der Waals surface area contributed by atoms with Crippen LogP contribution in [0.25, 0.3) is 137 Å². The van der Waals surface area contributed by atoms with E-state index in [4.69, 9.17) is 0 Å². The Morgan fingerprint density at radius 1 is 0.274 bits per heavy atom. The highest BCUT2D eigenvalue weighted by Gasteiger charge is 2.56. The zero-order valence-corrected chi connectivity index (χ0v) is 83.9. The highest BCUT2D eigenvalue weighted by Crippen LogP contribution is 2.58.